The molecule has 2 amide bonds. The van der Waals surface area contributed by atoms with E-state index in [2.05, 4.69) is 5.10 Å². The van der Waals surface area contributed by atoms with Crippen LogP contribution in [-0.2, 0) is 16.1 Å². The summed E-state index contributed by atoms with van der Waals surface area (Å²) in [4.78, 5) is 27.1. The van der Waals surface area contributed by atoms with Crippen molar-refractivity contribution in [1.29, 1.82) is 0 Å². The molecular weight excluding hydrogens is 296 g/mol. The molecule has 0 aromatic carbocycles. The van der Waals surface area contributed by atoms with Crippen molar-refractivity contribution < 1.29 is 14.3 Å². The van der Waals surface area contributed by atoms with Crippen LogP contribution in [0, 0.1) is 0 Å². The van der Waals surface area contributed by atoms with E-state index >= 15 is 0 Å². The maximum atomic E-state index is 12.1. The monoisotopic (exact) mass is 314 g/mol. The van der Waals surface area contributed by atoms with Gasteiger partial charge < -0.3 is 14.5 Å². The van der Waals surface area contributed by atoms with Crippen molar-refractivity contribution >= 4 is 23.6 Å². The van der Waals surface area contributed by atoms with Gasteiger partial charge in [0.05, 0.1) is 17.8 Å². The summed E-state index contributed by atoms with van der Waals surface area (Å²) in [6.45, 7) is 4.75. The Morgan fingerprint density at radius 2 is 1.95 bits per heavy atom. The summed E-state index contributed by atoms with van der Waals surface area (Å²) in [5, 5.41) is 4.59. The molecule has 1 fully saturated rings. The number of carbonyl (C=O) groups excluding carboxylic acids is 2. The second-order valence-corrected chi connectivity index (χ2v) is 5.17. The first kappa shape index (κ1) is 15.6. The van der Waals surface area contributed by atoms with Crippen LogP contribution in [0.2, 0.25) is 5.02 Å². The Morgan fingerprint density at radius 3 is 2.52 bits per heavy atom. The van der Waals surface area contributed by atoms with Crippen LogP contribution in [-0.4, -0.2) is 64.4 Å². The van der Waals surface area contributed by atoms with E-state index in [1.165, 1.54) is 0 Å². The number of aryl methyl sites for hydroxylation is 1. The van der Waals surface area contributed by atoms with Gasteiger partial charge in [-0.05, 0) is 6.92 Å². The van der Waals surface area contributed by atoms with Crippen molar-refractivity contribution in [3.8, 4) is 0 Å². The Balaban J connectivity index is 1.74. The maximum absolute atomic E-state index is 12.1. The van der Waals surface area contributed by atoms with Crippen LogP contribution in [0.1, 0.15) is 13.3 Å². The Bertz CT molecular complexity index is 497. The Labute approximate surface area is 128 Å². The van der Waals surface area contributed by atoms with Gasteiger partial charge >= 0.3 is 6.09 Å². The van der Waals surface area contributed by atoms with Crippen molar-refractivity contribution in [1.82, 2.24) is 19.6 Å². The van der Waals surface area contributed by atoms with Crippen LogP contribution in [0.15, 0.2) is 12.4 Å². The maximum Gasteiger partial charge on any atom is 0.409 e. The number of rotatable bonds is 4. The first-order chi connectivity index (χ1) is 10.1. The molecule has 116 valence electrons. The number of ether oxygens (including phenoxy) is 1. The first-order valence-corrected chi connectivity index (χ1v) is 7.35. The molecule has 1 aromatic heterocycles. The minimum absolute atomic E-state index is 0.0603. The van der Waals surface area contributed by atoms with E-state index in [1.807, 2.05) is 0 Å². The van der Waals surface area contributed by atoms with Crippen LogP contribution in [0.5, 0.6) is 0 Å². The van der Waals surface area contributed by atoms with Crippen molar-refractivity contribution in [3.63, 3.8) is 0 Å². The molecule has 1 aliphatic heterocycles. The second kappa shape index (κ2) is 7.31. The van der Waals surface area contributed by atoms with Gasteiger partial charge in [-0.1, -0.05) is 11.6 Å². The van der Waals surface area contributed by atoms with E-state index in [4.69, 9.17) is 16.3 Å². The van der Waals surface area contributed by atoms with E-state index in [0.29, 0.717) is 50.8 Å². The van der Waals surface area contributed by atoms with Crippen LogP contribution < -0.4 is 0 Å². The zero-order valence-electron chi connectivity index (χ0n) is 12.0. The molecule has 0 N–H and O–H groups in total. The lowest BCUT2D eigenvalue weighted by Crippen LogP contribution is -2.50. The fraction of sp³-hybridized carbons (Fsp3) is 0.615. The van der Waals surface area contributed by atoms with Gasteiger partial charge in [-0.2, -0.15) is 5.10 Å². The summed E-state index contributed by atoms with van der Waals surface area (Å²) in [7, 11) is 0. The van der Waals surface area contributed by atoms with Crippen molar-refractivity contribution in [2.45, 2.75) is 19.9 Å². The highest BCUT2D eigenvalue weighted by atomic mass is 35.5. The number of aromatic nitrogens is 2. The summed E-state index contributed by atoms with van der Waals surface area (Å²) in [6.07, 6.45) is 3.30. The molecule has 1 saturated heterocycles. The largest absolute Gasteiger partial charge is 0.450 e. The number of carbonyl (C=O) groups is 2. The molecule has 0 atom stereocenters. The molecule has 0 aliphatic carbocycles. The summed E-state index contributed by atoms with van der Waals surface area (Å²) < 4.78 is 6.59. The third kappa shape index (κ3) is 4.35. The third-order valence-electron chi connectivity index (χ3n) is 3.31. The van der Waals surface area contributed by atoms with Gasteiger partial charge in [0.15, 0.2) is 0 Å². The van der Waals surface area contributed by atoms with Crippen molar-refractivity contribution in [3.05, 3.63) is 17.4 Å². The summed E-state index contributed by atoms with van der Waals surface area (Å²) in [6, 6.07) is 0. The molecule has 2 rings (SSSR count). The SMILES string of the molecule is CCOC(=O)N1CCN(C(=O)CCn2cc(Cl)cn2)CC1. The second-order valence-electron chi connectivity index (χ2n) is 4.74. The molecule has 0 unspecified atom stereocenters. The molecule has 7 nitrogen and oxygen atoms in total. The molecule has 0 spiro atoms. The van der Waals surface area contributed by atoms with Crippen molar-refractivity contribution in [2.24, 2.45) is 0 Å². The fourth-order valence-corrected chi connectivity index (χ4v) is 2.34. The quantitative estimate of drug-likeness (QED) is 0.838. The predicted octanol–water partition coefficient (Wildman–Crippen LogP) is 1.23. The molecule has 0 radical (unpaired) electrons. The number of piperazine rings is 1. The molecule has 2 heterocycles. The van der Waals surface area contributed by atoms with E-state index in [1.54, 1.807) is 33.8 Å². The third-order valence-corrected chi connectivity index (χ3v) is 3.51. The fourth-order valence-electron chi connectivity index (χ4n) is 2.18. The standard InChI is InChI=1S/C13H19ClN4O3/c1-2-21-13(20)17-7-5-16(6-8-17)12(19)3-4-18-10-11(14)9-15-18/h9-10H,2-8H2,1H3. The normalized spacial score (nSPS) is 15.1. The topological polar surface area (TPSA) is 67.7 Å². The predicted molar refractivity (Wildman–Crippen MR) is 77.0 cm³/mol. The Hall–Kier alpha value is -1.76. The number of hydrogen-bond donors (Lipinski definition) is 0. The summed E-state index contributed by atoms with van der Waals surface area (Å²) in [5.41, 5.74) is 0. The summed E-state index contributed by atoms with van der Waals surface area (Å²) in [5.74, 6) is 0.0603. The summed E-state index contributed by atoms with van der Waals surface area (Å²) >= 11 is 5.77. The minimum Gasteiger partial charge on any atom is -0.450 e. The Morgan fingerprint density at radius 1 is 1.29 bits per heavy atom. The number of amides is 2. The Kier molecular flexibility index (Phi) is 5.44. The van der Waals surface area contributed by atoms with Gasteiger partial charge in [-0.15, -0.1) is 0 Å². The lowest BCUT2D eigenvalue weighted by Gasteiger charge is -2.34. The highest BCUT2D eigenvalue weighted by Gasteiger charge is 2.24. The molecule has 1 aromatic rings. The van der Waals surface area contributed by atoms with Gasteiger partial charge in [0.25, 0.3) is 0 Å². The van der Waals surface area contributed by atoms with E-state index in [9.17, 15) is 9.59 Å². The molecule has 0 bridgehead atoms. The first-order valence-electron chi connectivity index (χ1n) is 6.97. The smallest absolute Gasteiger partial charge is 0.409 e. The average molecular weight is 315 g/mol. The van der Waals surface area contributed by atoms with Gasteiger partial charge in [0.1, 0.15) is 0 Å². The van der Waals surface area contributed by atoms with Crippen LogP contribution in [0.25, 0.3) is 0 Å². The number of hydrogen-bond acceptors (Lipinski definition) is 4. The average Bonchev–Trinajstić information content (AvgIpc) is 2.91. The van der Waals surface area contributed by atoms with Crippen LogP contribution in [0.3, 0.4) is 0 Å². The van der Waals surface area contributed by atoms with Crippen molar-refractivity contribution in [2.75, 3.05) is 32.8 Å². The molecular formula is C13H19ClN4O3. The van der Waals surface area contributed by atoms with E-state index in [0.717, 1.165) is 0 Å². The van der Waals surface area contributed by atoms with Crippen LogP contribution >= 0.6 is 11.6 Å². The lowest BCUT2D eigenvalue weighted by atomic mass is 10.3. The zero-order valence-corrected chi connectivity index (χ0v) is 12.8. The number of halogens is 1. The zero-order chi connectivity index (χ0) is 15.2. The minimum atomic E-state index is -0.309. The highest BCUT2D eigenvalue weighted by molar-refractivity contribution is 6.30. The molecule has 8 heteroatoms. The van der Waals surface area contributed by atoms with E-state index < -0.39 is 0 Å². The van der Waals surface area contributed by atoms with Gasteiger partial charge in [-0.3, -0.25) is 9.48 Å². The van der Waals surface area contributed by atoms with Gasteiger partial charge in [-0.25, -0.2) is 4.79 Å². The highest BCUT2D eigenvalue weighted by Crippen LogP contribution is 2.08. The molecule has 0 saturated carbocycles. The van der Waals surface area contributed by atoms with Gasteiger partial charge in [0, 0.05) is 45.3 Å². The van der Waals surface area contributed by atoms with Gasteiger partial charge in [0.2, 0.25) is 5.91 Å². The lowest BCUT2D eigenvalue weighted by molar-refractivity contribution is -0.133. The van der Waals surface area contributed by atoms with E-state index in [-0.39, 0.29) is 12.0 Å². The molecule has 1 aliphatic rings. The molecule has 21 heavy (non-hydrogen) atoms. The number of nitrogens with zero attached hydrogens (tertiary/aromatic N) is 4. The van der Waals surface area contributed by atoms with Crippen LogP contribution in [0.4, 0.5) is 4.79 Å².